The molecular weight excluding hydrogens is 394 g/mol. The first-order chi connectivity index (χ1) is 13.8. The first kappa shape index (κ1) is 21.4. The summed E-state index contributed by atoms with van der Waals surface area (Å²) < 4.78 is 5.32. The fourth-order valence-corrected chi connectivity index (χ4v) is 4.40. The zero-order chi connectivity index (χ0) is 21.2. The number of carbonyl (C=O) groups is 3. The van der Waals surface area contributed by atoms with Crippen molar-refractivity contribution in [1.82, 2.24) is 15.1 Å². The number of methoxy groups -OCH3 is 1. The summed E-state index contributed by atoms with van der Waals surface area (Å²) in [7, 11) is 3.18. The van der Waals surface area contributed by atoms with E-state index in [-0.39, 0.29) is 24.9 Å². The predicted octanol–water partition coefficient (Wildman–Crippen LogP) is 3.20. The third-order valence-electron chi connectivity index (χ3n) is 6.15. The molecule has 8 heteroatoms. The largest absolute Gasteiger partial charge is 0.496 e. The smallest absolute Gasteiger partial charge is 0.325 e. The minimum atomic E-state index is -0.836. The summed E-state index contributed by atoms with van der Waals surface area (Å²) in [6.45, 7) is 2.13. The summed E-state index contributed by atoms with van der Waals surface area (Å²) in [6.07, 6.45) is 4.18. The fraction of sp³-hybridized carbons (Fsp3) is 0.571. The second kappa shape index (κ2) is 8.61. The number of halogens is 1. The number of nitrogens with zero attached hydrogens (tertiary/aromatic N) is 2. The average Bonchev–Trinajstić information content (AvgIpc) is 2.92. The van der Waals surface area contributed by atoms with Gasteiger partial charge in [-0.2, -0.15) is 0 Å². The Labute approximate surface area is 176 Å². The number of ether oxygens (including phenoxy) is 1. The van der Waals surface area contributed by atoms with Gasteiger partial charge in [-0.25, -0.2) is 4.79 Å². The van der Waals surface area contributed by atoms with Gasteiger partial charge in [0.15, 0.2) is 0 Å². The van der Waals surface area contributed by atoms with E-state index in [9.17, 15) is 14.4 Å². The third-order valence-corrected chi connectivity index (χ3v) is 6.39. The van der Waals surface area contributed by atoms with Crippen molar-refractivity contribution < 1.29 is 19.1 Å². The van der Waals surface area contributed by atoms with Gasteiger partial charge in [-0.05, 0) is 49.8 Å². The van der Waals surface area contributed by atoms with E-state index < -0.39 is 11.6 Å². The van der Waals surface area contributed by atoms with Crippen LogP contribution in [0.1, 0.15) is 44.6 Å². The number of carbonyl (C=O) groups excluding carboxylic acids is 3. The van der Waals surface area contributed by atoms with Gasteiger partial charge in [0.25, 0.3) is 5.91 Å². The van der Waals surface area contributed by atoms with E-state index in [1.807, 2.05) is 0 Å². The molecule has 1 N–H and O–H groups in total. The van der Waals surface area contributed by atoms with E-state index in [4.69, 9.17) is 16.3 Å². The molecule has 0 aromatic heterocycles. The van der Waals surface area contributed by atoms with Crippen molar-refractivity contribution in [3.05, 3.63) is 28.8 Å². The Morgan fingerprint density at radius 2 is 2.03 bits per heavy atom. The molecule has 0 bridgehead atoms. The highest BCUT2D eigenvalue weighted by Crippen LogP contribution is 2.37. The number of imide groups is 1. The second-order valence-corrected chi connectivity index (χ2v) is 8.40. The van der Waals surface area contributed by atoms with E-state index in [1.165, 1.54) is 4.90 Å². The monoisotopic (exact) mass is 421 g/mol. The molecule has 7 nitrogen and oxygen atoms in total. The highest BCUT2D eigenvalue weighted by Gasteiger charge is 2.52. The molecule has 2 fully saturated rings. The normalized spacial score (nSPS) is 24.0. The number of likely N-dealkylation sites (N-methyl/N-ethyl adjacent to an activating group) is 1. The Bertz CT molecular complexity index is 805. The first-order valence-electron chi connectivity index (χ1n) is 10.00. The van der Waals surface area contributed by atoms with Gasteiger partial charge in [-0.1, -0.05) is 24.9 Å². The van der Waals surface area contributed by atoms with E-state index >= 15 is 0 Å². The molecule has 0 atom stereocenters. The molecule has 4 amide bonds. The molecule has 2 aliphatic rings. The van der Waals surface area contributed by atoms with Crippen molar-refractivity contribution in [3.63, 3.8) is 0 Å². The van der Waals surface area contributed by atoms with Gasteiger partial charge >= 0.3 is 6.03 Å². The quantitative estimate of drug-likeness (QED) is 0.715. The highest BCUT2D eigenvalue weighted by molar-refractivity contribution is 6.30. The Morgan fingerprint density at radius 3 is 2.66 bits per heavy atom. The lowest BCUT2D eigenvalue weighted by Crippen LogP contribution is -2.50. The van der Waals surface area contributed by atoms with E-state index in [1.54, 1.807) is 32.4 Å². The lowest BCUT2D eigenvalue weighted by atomic mass is 9.75. The SMILES string of the molecule is CCC1CCC2(CC1)NC(=O)N(CC(=O)N(C)Cc1cc(Cl)ccc1OC)C2=O. The van der Waals surface area contributed by atoms with Gasteiger partial charge in [0, 0.05) is 24.2 Å². The van der Waals surface area contributed by atoms with Crippen molar-refractivity contribution in [1.29, 1.82) is 0 Å². The summed E-state index contributed by atoms with van der Waals surface area (Å²) in [4.78, 5) is 40.7. The number of hydrogen-bond acceptors (Lipinski definition) is 4. The van der Waals surface area contributed by atoms with Gasteiger partial charge < -0.3 is 15.0 Å². The molecule has 158 valence electrons. The second-order valence-electron chi connectivity index (χ2n) is 7.96. The maximum absolute atomic E-state index is 13.0. The van der Waals surface area contributed by atoms with Crippen LogP contribution >= 0.6 is 11.6 Å². The number of nitrogens with one attached hydrogen (secondary N) is 1. The van der Waals surface area contributed by atoms with Crippen molar-refractivity contribution >= 4 is 29.4 Å². The third kappa shape index (κ3) is 4.34. The zero-order valence-corrected chi connectivity index (χ0v) is 17.9. The van der Waals surface area contributed by atoms with E-state index in [2.05, 4.69) is 12.2 Å². The van der Waals surface area contributed by atoms with Crippen LogP contribution in [0.15, 0.2) is 18.2 Å². The van der Waals surface area contributed by atoms with Crippen molar-refractivity contribution in [2.75, 3.05) is 20.7 Å². The molecule has 1 heterocycles. The molecule has 1 saturated carbocycles. The number of rotatable bonds is 6. The van der Waals surface area contributed by atoms with Crippen molar-refractivity contribution in [2.24, 2.45) is 5.92 Å². The number of benzene rings is 1. The highest BCUT2D eigenvalue weighted by atomic mass is 35.5. The van der Waals surface area contributed by atoms with Gasteiger partial charge in [0.2, 0.25) is 5.91 Å². The molecule has 0 radical (unpaired) electrons. The van der Waals surface area contributed by atoms with Crippen LogP contribution in [0.25, 0.3) is 0 Å². The predicted molar refractivity (Wildman–Crippen MR) is 110 cm³/mol. The number of hydrogen-bond donors (Lipinski definition) is 1. The van der Waals surface area contributed by atoms with Crippen LogP contribution in [0.5, 0.6) is 5.75 Å². The Balaban J connectivity index is 1.65. The summed E-state index contributed by atoms with van der Waals surface area (Å²) in [5.41, 5.74) is -0.0833. The molecule has 3 rings (SSSR count). The maximum atomic E-state index is 13.0. The van der Waals surface area contributed by atoms with Crippen LogP contribution in [-0.2, 0) is 16.1 Å². The molecule has 1 aliphatic heterocycles. The van der Waals surface area contributed by atoms with Crippen LogP contribution < -0.4 is 10.1 Å². The minimum absolute atomic E-state index is 0.259. The molecule has 1 aliphatic carbocycles. The standard InChI is InChI=1S/C21H28ClN3O4/c1-4-14-7-9-21(10-8-14)19(27)25(20(28)23-21)13-18(26)24(2)12-15-11-16(22)5-6-17(15)29-3/h5-6,11,14H,4,7-10,12-13H2,1-3H3,(H,23,28). The Hall–Kier alpha value is -2.28. The molecule has 29 heavy (non-hydrogen) atoms. The molecule has 1 aromatic rings. The van der Waals surface area contributed by atoms with Crippen LogP contribution in [0.4, 0.5) is 4.79 Å². The minimum Gasteiger partial charge on any atom is -0.496 e. The molecular formula is C21H28ClN3O4. The van der Waals surface area contributed by atoms with E-state index in [0.717, 1.165) is 29.7 Å². The van der Waals surface area contributed by atoms with Crippen molar-refractivity contribution in [3.8, 4) is 5.75 Å². The Morgan fingerprint density at radius 1 is 1.34 bits per heavy atom. The van der Waals surface area contributed by atoms with Gasteiger partial charge in [0.1, 0.15) is 17.8 Å². The zero-order valence-electron chi connectivity index (χ0n) is 17.2. The summed E-state index contributed by atoms with van der Waals surface area (Å²) in [6, 6.07) is 4.71. The molecule has 0 unspecified atom stereocenters. The summed E-state index contributed by atoms with van der Waals surface area (Å²) >= 11 is 6.05. The topological polar surface area (TPSA) is 79.0 Å². The molecule has 1 saturated heterocycles. The van der Waals surface area contributed by atoms with E-state index in [0.29, 0.717) is 29.5 Å². The summed E-state index contributed by atoms with van der Waals surface area (Å²) in [5.74, 6) is 0.615. The summed E-state index contributed by atoms with van der Waals surface area (Å²) in [5, 5.41) is 3.40. The van der Waals surface area contributed by atoms with Gasteiger partial charge in [-0.15, -0.1) is 0 Å². The van der Waals surface area contributed by atoms with Crippen LogP contribution in [0.2, 0.25) is 5.02 Å². The average molecular weight is 422 g/mol. The van der Waals surface area contributed by atoms with Crippen molar-refractivity contribution in [2.45, 2.75) is 51.1 Å². The number of urea groups is 1. The van der Waals surface area contributed by atoms with Crippen LogP contribution in [0.3, 0.4) is 0 Å². The van der Waals surface area contributed by atoms with Gasteiger partial charge in [0.05, 0.1) is 7.11 Å². The van der Waals surface area contributed by atoms with Gasteiger partial charge in [-0.3, -0.25) is 14.5 Å². The maximum Gasteiger partial charge on any atom is 0.325 e. The fourth-order valence-electron chi connectivity index (χ4n) is 4.21. The molecule has 1 spiro atoms. The Kier molecular flexibility index (Phi) is 6.36. The first-order valence-corrected chi connectivity index (χ1v) is 10.4. The molecule has 1 aromatic carbocycles. The van der Waals surface area contributed by atoms with Crippen LogP contribution in [-0.4, -0.2) is 53.9 Å². The lowest BCUT2D eigenvalue weighted by molar-refractivity contribution is -0.139. The number of amides is 4. The van der Waals surface area contributed by atoms with Crippen LogP contribution in [0, 0.1) is 5.92 Å². The lowest BCUT2D eigenvalue weighted by Gasteiger charge is -2.34.